The Kier molecular flexibility index (Phi) is 2.10. The van der Waals surface area contributed by atoms with Gasteiger partial charge in [0.15, 0.2) is 0 Å². The van der Waals surface area contributed by atoms with Crippen molar-refractivity contribution in [2.45, 2.75) is 33.1 Å². The van der Waals surface area contributed by atoms with Gasteiger partial charge in [-0.3, -0.25) is 5.10 Å². The predicted octanol–water partition coefficient (Wildman–Crippen LogP) is 2.23. The zero-order valence-electron chi connectivity index (χ0n) is 6.81. The first-order valence-corrected chi connectivity index (χ1v) is 3.75. The van der Waals surface area contributed by atoms with E-state index in [-0.39, 0.29) is 0 Å². The van der Waals surface area contributed by atoms with Crippen LogP contribution in [0.15, 0.2) is 6.20 Å². The van der Waals surface area contributed by atoms with E-state index in [9.17, 15) is 0 Å². The SMILES string of the molecule is CC[C@@H](C)c1[nH]ncc1C. The third-order valence-electron chi connectivity index (χ3n) is 1.97. The molecule has 0 saturated carbocycles. The van der Waals surface area contributed by atoms with Crippen LogP contribution in [0.4, 0.5) is 0 Å². The Morgan fingerprint density at radius 1 is 1.70 bits per heavy atom. The van der Waals surface area contributed by atoms with E-state index in [0.717, 1.165) is 0 Å². The number of hydrogen-bond acceptors (Lipinski definition) is 1. The lowest BCUT2D eigenvalue weighted by atomic mass is 10.0. The van der Waals surface area contributed by atoms with Crippen LogP contribution in [-0.2, 0) is 0 Å². The van der Waals surface area contributed by atoms with Gasteiger partial charge in [0, 0.05) is 5.69 Å². The van der Waals surface area contributed by atoms with E-state index < -0.39 is 0 Å². The maximum absolute atomic E-state index is 3.97. The Morgan fingerprint density at radius 2 is 2.40 bits per heavy atom. The zero-order chi connectivity index (χ0) is 7.56. The topological polar surface area (TPSA) is 28.7 Å². The summed E-state index contributed by atoms with van der Waals surface area (Å²) in [4.78, 5) is 0. The molecule has 0 spiro atoms. The summed E-state index contributed by atoms with van der Waals surface area (Å²) in [5, 5.41) is 6.97. The van der Waals surface area contributed by atoms with Gasteiger partial charge in [-0.15, -0.1) is 0 Å². The molecular formula is C8H14N2. The van der Waals surface area contributed by atoms with E-state index >= 15 is 0 Å². The van der Waals surface area contributed by atoms with Crippen LogP contribution in [0.5, 0.6) is 0 Å². The lowest BCUT2D eigenvalue weighted by Gasteiger charge is -2.05. The van der Waals surface area contributed by atoms with Gasteiger partial charge >= 0.3 is 0 Å². The Hall–Kier alpha value is -0.790. The van der Waals surface area contributed by atoms with E-state index in [1.807, 2.05) is 6.20 Å². The highest BCUT2D eigenvalue weighted by atomic mass is 15.1. The van der Waals surface area contributed by atoms with Gasteiger partial charge in [0.1, 0.15) is 0 Å². The standard InChI is InChI=1S/C8H14N2/c1-4-6(2)8-7(3)5-9-10-8/h5-6H,4H2,1-3H3,(H,9,10)/t6-/m1/s1. The minimum Gasteiger partial charge on any atom is -0.282 e. The molecule has 1 rings (SSSR count). The molecule has 1 aromatic heterocycles. The average molecular weight is 138 g/mol. The van der Waals surface area contributed by atoms with Gasteiger partial charge in [0.2, 0.25) is 0 Å². The molecule has 0 unspecified atom stereocenters. The van der Waals surface area contributed by atoms with Crippen molar-refractivity contribution in [3.05, 3.63) is 17.5 Å². The molecule has 0 aliphatic heterocycles. The monoisotopic (exact) mass is 138 g/mol. The zero-order valence-corrected chi connectivity index (χ0v) is 6.81. The van der Waals surface area contributed by atoms with Gasteiger partial charge in [-0.1, -0.05) is 13.8 Å². The van der Waals surface area contributed by atoms with Crippen molar-refractivity contribution in [2.24, 2.45) is 0 Å². The molecule has 0 aliphatic rings. The molecule has 0 aliphatic carbocycles. The lowest BCUT2D eigenvalue weighted by Crippen LogP contribution is -1.93. The van der Waals surface area contributed by atoms with E-state index in [1.54, 1.807) is 0 Å². The number of aryl methyl sites for hydroxylation is 1. The summed E-state index contributed by atoms with van der Waals surface area (Å²) in [6, 6.07) is 0. The maximum Gasteiger partial charge on any atom is 0.0519 e. The summed E-state index contributed by atoms with van der Waals surface area (Å²) in [7, 11) is 0. The van der Waals surface area contributed by atoms with Crippen LogP contribution in [0.3, 0.4) is 0 Å². The molecule has 1 N–H and O–H groups in total. The molecule has 2 nitrogen and oxygen atoms in total. The number of aromatic amines is 1. The first-order chi connectivity index (χ1) is 4.75. The molecule has 0 radical (unpaired) electrons. The maximum atomic E-state index is 3.97. The number of hydrogen-bond donors (Lipinski definition) is 1. The molecule has 0 amide bonds. The second kappa shape index (κ2) is 2.86. The molecule has 0 fully saturated rings. The van der Waals surface area contributed by atoms with Crippen LogP contribution in [0.1, 0.15) is 37.4 Å². The van der Waals surface area contributed by atoms with Crippen LogP contribution in [0, 0.1) is 6.92 Å². The summed E-state index contributed by atoms with van der Waals surface area (Å²) < 4.78 is 0. The van der Waals surface area contributed by atoms with E-state index in [4.69, 9.17) is 0 Å². The third kappa shape index (κ3) is 1.20. The predicted molar refractivity (Wildman–Crippen MR) is 42.0 cm³/mol. The quantitative estimate of drug-likeness (QED) is 0.667. The van der Waals surface area contributed by atoms with E-state index in [2.05, 4.69) is 31.0 Å². The average Bonchev–Trinajstić information content (AvgIpc) is 2.34. The first kappa shape index (κ1) is 7.32. The van der Waals surface area contributed by atoms with Crippen molar-refractivity contribution >= 4 is 0 Å². The van der Waals surface area contributed by atoms with Crippen molar-refractivity contribution < 1.29 is 0 Å². The highest BCUT2D eigenvalue weighted by Gasteiger charge is 2.06. The van der Waals surface area contributed by atoms with Gasteiger partial charge in [-0.25, -0.2) is 0 Å². The normalized spacial score (nSPS) is 13.5. The molecular weight excluding hydrogens is 124 g/mol. The van der Waals surface area contributed by atoms with Gasteiger partial charge < -0.3 is 0 Å². The van der Waals surface area contributed by atoms with Gasteiger partial charge in [-0.05, 0) is 24.8 Å². The number of nitrogens with one attached hydrogen (secondary N) is 1. The Balaban J connectivity index is 2.82. The molecule has 0 bridgehead atoms. The number of aromatic nitrogens is 2. The van der Waals surface area contributed by atoms with Gasteiger partial charge in [0.25, 0.3) is 0 Å². The minimum atomic E-state index is 0.613. The van der Waals surface area contributed by atoms with Crippen LogP contribution in [0.25, 0.3) is 0 Å². The first-order valence-electron chi connectivity index (χ1n) is 3.75. The molecule has 10 heavy (non-hydrogen) atoms. The smallest absolute Gasteiger partial charge is 0.0519 e. The Morgan fingerprint density at radius 3 is 2.80 bits per heavy atom. The second-order valence-electron chi connectivity index (χ2n) is 2.78. The molecule has 0 aromatic carbocycles. The number of H-pyrrole nitrogens is 1. The van der Waals surface area contributed by atoms with Crippen molar-refractivity contribution in [1.29, 1.82) is 0 Å². The van der Waals surface area contributed by atoms with E-state index in [1.165, 1.54) is 17.7 Å². The van der Waals surface area contributed by atoms with E-state index in [0.29, 0.717) is 5.92 Å². The Bertz CT molecular complexity index is 203. The molecule has 1 heterocycles. The highest BCUT2D eigenvalue weighted by molar-refractivity contribution is 5.17. The Labute approximate surface area is 61.7 Å². The van der Waals surface area contributed by atoms with Crippen LogP contribution in [-0.4, -0.2) is 10.2 Å². The van der Waals surface area contributed by atoms with Crippen molar-refractivity contribution in [3.8, 4) is 0 Å². The van der Waals surface area contributed by atoms with Crippen molar-refractivity contribution in [2.75, 3.05) is 0 Å². The minimum absolute atomic E-state index is 0.613. The number of rotatable bonds is 2. The summed E-state index contributed by atoms with van der Waals surface area (Å²) >= 11 is 0. The highest BCUT2D eigenvalue weighted by Crippen LogP contribution is 2.18. The molecule has 0 saturated heterocycles. The molecule has 2 heteroatoms. The lowest BCUT2D eigenvalue weighted by molar-refractivity contribution is 0.699. The largest absolute Gasteiger partial charge is 0.282 e. The second-order valence-corrected chi connectivity index (χ2v) is 2.78. The number of nitrogens with zero attached hydrogens (tertiary/aromatic N) is 1. The summed E-state index contributed by atoms with van der Waals surface area (Å²) in [5.74, 6) is 0.613. The fourth-order valence-corrected chi connectivity index (χ4v) is 1.06. The van der Waals surface area contributed by atoms with Crippen LogP contribution >= 0.6 is 0 Å². The summed E-state index contributed by atoms with van der Waals surface area (Å²) in [6.07, 6.45) is 3.05. The molecule has 1 aromatic rings. The van der Waals surface area contributed by atoms with Gasteiger partial charge in [-0.2, -0.15) is 5.10 Å². The summed E-state index contributed by atoms with van der Waals surface area (Å²) in [5.41, 5.74) is 2.55. The van der Waals surface area contributed by atoms with Crippen LogP contribution < -0.4 is 0 Å². The van der Waals surface area contributed by atoms with Crippen molar-refractivity contribution in [1.82, 2.24) is 10.2 Å². The van der Waals surface area contributed by atoms with Crippen LogP contribution in [0.2, 0.25) is 0 Å². The third-order valence-corrected chi connectivity index (χ3v) is 1.97. The summed E-state index contributed by atoms with van der Waals surface area (Å²) in [6.45, 7) is 6.48. The fraction of sp³-hybridized carbons (Fsp3) is 0.625. The molecule has 56 valence electrons. The van der Waals surface area contributed by atoms with Gasteiger partial charge in [0.05, 0.1) is 6.20 Å². The molecule has 1 atom stereocenters. The van der Waals surface area contributed by atoms with Crippen molar-refractivity contribution in [3.63, 3.8) is 0 Å². The fourth-order valence-electron chi connectivity index (χ4n) is 1.06.